The van der Waals surface area contributed by atoms with Crippen molar-refractivity contribution in [1.82, 2.24) is 4.90 Å². The standard InChI is InChI=1S/C39H57N2O3.HI/c1-5-7-8-9-10-11-12-13-14-15-16-21-29-44-36-26-25-34(33(3)30-36)31-41(32-35-22-19-20-28-40(35)27-6-2)39(42)37-23-17-18-24-38(37)43-4;/h17-20,22-26,28,30H,5-16,21,27,29,31-32H2,1-4H3;1H/q+1;/p-1. The molecule has 0 fully saturated rings. The molecule has 6 heteroatoms. The highest BCUT2D eigenvalue weighted by atomic mass is 127. The average molecular weight is 729 g/mol. The second kappa shape index (κ2) is 22.8. The lowest BCUT2D eigenvalue weighted by atomic mass is 10.1. The number of aromatic nitrogens is 1. The second-order valence-electron chi connectivity index (χ2n) is 12.1. The Hall–Kier alpha value is -2.61. The normalized spacial score (nSPS) is 10.8. The summed E-state index contributed by atoms with van der Waals surface area (Å²) in [6.45, 7) is 9.24. The van der Waals surface area contributed by atoms with E-state index < -0.39 is 0 Å². The molecule has 0 aliphatic carbocycles. The Morgan fingerprint density at radius 3 is 2.04 bits per heavy atom. The molecule has 0 saturated carbocycles. The third-order valence-electron chi connectivity index (χ3n) is 8.42. The van der Waals surface area contributed by atoms with E-state index in [2.05, 4.69) is 49.7 Å². The van der Waals surface area contributed by atoms with Gasteiger partial charge in [0, 0.05) is 25.1 Å². The third-order valence-corrected chi connectivity index (χ3v) is 8.42. The molecule has 5 nitrogen and oxygen atoms in total. The summed E-state index contributed by atoms with van der Waals surface area (Å²) in [4.78, 5) is 15.9. The topological polar surface area (TPSA) is 42.7 Å². The quantitative estimate of drug-likeness (QED) is 0.0664. The van der Waals surface area contributed by atoms with Crippen LogP contribution in [-0.4, -0.2) is 24.5 Å². The number of hydrogen-bond donors (Lipinski definition) is 0. The van der Waals surface area contributed by atoms with Crippen molar-refractivity contribution in [2.75, 3.05) is 13.7 Å². The smallest absolute Gasteiger partial charge is 0.258 e. The number of rotatable bonds is 22. The zero-order valence-electron chi connectivity index (χ0n) is 28.4. The SMILES string of the molecule is CCCCCCCCCCCCCCOc1ccc(CN(Cc2cccc[n+]2CCC)C(=O)c2ccccc2OC)c(C)c1.[I-]. The number of benzene rings is 2. The molecule has 0 aliphatic heterocycles. The molecule has 0 saturated heterocycles. The van der Waals surface area contributed by atoms with E-state index in [1.54, 1.807) is 7.11 Å². The molecule has 0 atom stereocenters. The van der Waals surface area contributed by atoms with Crippen LogP contribution in [0.5, 0.6) is 11.5 Å². The lowest BCUT2D eigenvalue weighted by Crippen LogP contribution is -3.00. The molecular weight excluding hydrogens is 671 g/mol. The number of ether oxygens (including phenoxy) is 2. The van der Waals surface area contributed by atoms with E-state index >= 15 is 0 Å². The van der Waals surface area contributed by atoms with Crippen molar-refractivity contribution in [3.8, 4) is 11.5 Å². The van der Waals surface area contributed by atoms with Gasteiger partial charge in [-0.2, -0.15) is 0 Å². The maximum absolute atomic E-state index is 13.9. The Labute approximate surface area is 290 Å². The van der Waals surface area contributed by atoms with Crippen LogP contribution in [0, 0.1) is 6.92 Å². The van der Waals surface area contributed by atoms with Gasteiger partial charge in [-0.05, 0) is 48.7 Å². The largest absolute Gasteiger partial charge is 1.00 e. The lowest BCUT2D eigenvalue weighted by Gasteiger charge is -2.24. The van der Waals surface area contributed by atoms with Gasteiger partial charge >= 0.3 is 0 Å². The number of hydrogen-bond acceptors (Lipinski definition) is 3. The number of aryl methyl sites for hydroxylation is 2. The Balaban J connectivity index is 0.00000705. The number of methoxy groups -OCH3 is 1. The Kier molecular flexibility index (Phi) is 19.6. The molecule has 0 radical (unpaired) electrons. The lowest BCUT2D eigenvalue weighted by molar-refractivity contribution is -0.705. The number of carbonyl (C=O) groups excluding carboxylic acids is 1. The molecule has 0 N–H and O–H groups in total. The van der Waals surface area contributed by atoms with E-state index in [4.69, 9.17) is 9.47 Å². The van der Waals surface area contributed by atoms with E-state index in [1.807, 2.05) is 47.4 Å². The van der Waals surface area contributed by atoms with Crippen LogP contribution in [0.15, 0.2) is 66.9 Å². The maximum atomic E-state index is 13.9. The van der Waals surface area contributed by atoms with Gasteiger partial charge in [-0.3, -0.25) is 4.79 Å². The molecule has 0 spiro atoms. The van der Waals surface area contributed by atoms with E-state index in [9.17, 15) is 4.79 Å². The molecule has 3 rings (SSSR count). The minimum Gasteiger partial charge on any atom is -1.00 e. The molecule has 1 amide bonds. The fraction of sp³-hybridized carbons (Fsp3) is 0.538. The van der Waals surface area contributed by atoms with Crippen LogP contribution in [0.2, 0.25) is 0 Å². The summed E-state index contributed by atoms with van der Waals surface area (Å²) in [6, 6.07) is 20.0. The average Bonchev–Trinajstić information content (AvgIpc) is 3.04. The molecule has 1 aromatic heterocycles. The first kappa shape index (κ1) is 38.6. The van der Waals surface area contributed by atoms with Crippen LogP contribution in [0.4, 0.5) is 0 Å². The van der Waals surface area contributed by atoms with E-state index in [0.717, 1.165) is 48.6 Å². The first-order valence-electron chi connectivity index (χ1n) is 17.2. The highest BCUT2D eigenvalue weighted by molar-refractivity contribution is 5.96. The van der Waals surface area contributed by atoms with Crippen molar-refractivity contribution < 1.29 is 42.8 Å². The van der Waals surface area contributed by atoms with Gasteiger partial charge in [-0.25, -0.2) is 4.57 Å². The van der Waals surface area contributed by atoms with Crippen LogP contribution in [0.3, 0.4) is 0 Å². The van der Waals surface area contributed by atoms with Crippen LogP contribution < -0.4 is 38.0 Å². The van der Waals surface area contributed by atoms with Crippen molar-refractivity contribution in [3.05, 3.63) is 89.2 Å². The molecule has 3 aromatic rings. The molecule has 0 unspecified atom stereocenters. The second-order valence-corrected chi connectivity index (χ2v) is 12.1. The Morgan fingerprint density at radius 2 is 1.40 bits per heavy atom. The third kappa shape index (κ3) is 13.7. The molecule has 0 aliphatic rings. The minimum absolute atomic E-state index is 0. The number of para-hydroxylation sites is 1. The molecule has 248 valence electrons. The fourth-order valence-electron chi connectivity index (χ4n) is 5.78. The zero-order valence-corrected chi connectivity index (χ0v) is 30.5. The molecule has 2 aromatic carbocycles. The number of carbonyl (C=O) groups is 1. The van der Waals surface area contributed by atoms with Gasteiger partial charge in [-0.1, -0.05) is 109 Å². The van der Waals surface area contributed by atoms with Crippen LogP contribution >= 0.6 is 0 Å². The van der Waals surface area contributed by atoms with E-state index in [-0.39, 0.29) is 29.9 Å². The highest BCUT2D eigenvalue weighted by Gasteiger charge is 2.24. The first-order chi connectivity index (χ1) is 21.6. The number of unbranched alkanes of at least 4 members (excludes halogenated alkanes) is 11. The summed E-state index contributed by atoms with van der Waals surface area (Å²) in [5, 5.41) is 0. The number of halogens is 1. The number of amides is 1. The summed E-state index contributed by atoms with van der Waals surface area (Å²) in [5.74, 6) is 1.46. The summed E-state index contributed by atoms with van der Waals surface area (Å²) in [7, 11) is 1.61. The zero-order chi connectivity index (χ0) is 31.4. The predicted octanol–water partition coefficient (Wildman–Crippen LogP) is 6.63. The minimum atomic E-state index is -0.0407. The Bertz CT molecular complexity index is 1250. The van der Waals surface area contributed by atoms with Crippen molar-refractivity contribution in [3.63, 3.8) is 0 Å². The summed E-state index contributed by atoms with van der Waals surface area (Å²) < 4.78 is 13.9. The van der Waals surface area contributed by atoms with Gasteiger partial charge in [-0.15, -0.1) is 0 Å². The van der Waals surface area contributed by atoms with Gasteiger partial charge in [0.25, 0.3) is 5.91 Å². The molecule has 45 heavy (non-hydrogen) atoms. The summed E-state index contributed by atoms with van der Waals surface area (Å²) in [6.07, 6.45) is 19.2. The molecule has 0 bridgehead atoms. The molecule has 1 heterocycles. The van der Waals surface area contributed by atoms with Gasteiger partial charge < -0.3 is 38.4 Å². The number of nitrogens with zero attached hydrogens (tertiary/aromatic N) is 2. The highest BCUT2D eigenvalue weighted by Crippen LogP contribution is 2.24. The van der Waals surface area contributed by atoms with Gasteiger partial charge in [0.2, 0.25) is 5.69 Å². The Morgan fingerprint density at radius 1 is 0.756 bits per heavy atom. The number of pyridine rings is 1. The fourth-order valence-corrected chi connectivity index (χ4v) is 5.78. The predicted molar refractivity (Wildman–Crippen MR) is 181 cm³/mol. The van der Waals surface area contributed by atoms with Gasteiger partial charge in [0.15, 0.2) is 6.20 Å². The summed E-state index contributed by atoms with van der Waals surface area (Å²) >= 11 is 0. The molecular formula is C39H57IN2O3. The summed E-state index contributed by atoms with van der Waals surface area (Å²) in [5.41, 5.74) is 3.93. The monoisotopic (exact) mass is 728 g/mol. The van der Waals surface area contributed by atoms with Crippen molar-refractivity contribution >= 4 is 5.91 Å². The van der Waals surface area contributed by atoms with Gasteiger partial charge in [0.05, 0.1) is 19.3 Å². The van der Waals surface area contributed by atoms with Crippen molar-refractivity contribution in [2.45, 2.75) is 124 Å². The van der Waals surface area contributed by atoms with E-state index in [1.165, 1.54) is 70.6 Å². The van der Waals surface area contributed by atoms with Gasteiger partial charge in [0.1, 0.15) is 24.6 Å². The van der Waals surface area contributed by atoms with E-state index in [0.29, 0.717) is 24.4 Å². The van der Waals surface area contributed by atoms with Crippen molar-refractivity contribution in [1.29, 1.82) is 0 Å². The van der Waals surface area contributed by atoms with Crippen LogP contribution in [-0.2, 0) is 19.6 Å². The van der Waals surface area contributed by atoms with Crippen LogP contribution in [0.25, 0.3) is 0 Å². The van der Waals surface area contributed by atoms with Crippen molar-refractivity contribution in [2.24, 2.45) is 0 Å². The maximum Gasteiger partial charge on any atom is 0.258 e. The first-order valence-corrected chi connectivity index (χ1v) is 17.2. The van der Waals surface area contributed by atoms with Crippen LogP contribution in [0.1, 0.15) is 124 Å².